The van der Waals surface area contributed by atoms with Gasteiger partial charge in [-0.3, -0.25) is 0 Å². The summed E-state index contributed by atoms with van der Waals surface area (Å²) in [5.74, 6) is -0.279. The van der Waals surface area contributed by atoms with E-state index in [9.17, 15) is 4.39 Å². The number of halogens is 2. The third-order valence-corrected chi connectivity index (χ3v) is 1.90. The zero-order valence-electron chi connectivity index (χ0n) is 8.60. The molecule has 1 nitrogen and oxygen atoms in total. The van der Waals surface area contributed by atoms with Gasteiger partial charge in [-0.2, -0.15) is 0 Å². The fourth-order valence-corrected chi connectivity index (χ4v) is 1.14. The summed E-state index contributed by atoms with van der Waals surface area (Å²) in [5, 5.41) is 0.527. The van der Waals surface area contributed by atoms with Gasteiger partial charge >= 0.3 is 0 Å². The first-order chi connectivity index (χ1) is 6.38. The van der Waals surface area contributed by atoms with Crippen molar-refractivity contribution in [2.45, 2.75) is 33.0 Å². The Kier molecular flexibility index (Phi) is 3.51. The molecule has 1 rings (SSSR count). The smallest absolute Gasteiger partial charge is 0.128 e. The molecule has 0 unspecified atom stereocenters. The van der Waals surface area contributed by atoms with Crippen LogP contribution in [0, 0.1) is 5.82 Å². The van der Waals surface area contributed by atoms with Crippen LogP contribution in [-0.2, 0) is 11.3 Å². The van der Waals surface area contributed by atoms with Gasteiger partial charge in [0, 0.05) is 10.6 Å². The van der Waals surface area contributed by atoms with Gasteiger partial charge in [0.05, 0.1) is 12.2 Å². The summed E-state index contributed by atoms with van der Waals surface area (Å²) in [4.78, 5) is 0. The molecule has 0 bridgehead atoms. The number of benzene rings is 1. The first kappa shape index (κ1) is 11.5. The summed E-state index contributed by atoms with van der Waals surface area (Å²) in [5.41, 5.74) is 0.224. The molecule has 1 aromatic carbocycles. The summed E-state index contributed by atoms with van der Waals surface area (Å²) < 4.78 is 18.7. The third-order valence-electron chi connectivity index (χ3n) is 1.67. The molecule has 0 spiro atoms. The van der Waals surface area contributed by atoms with Gasteiger partial charge in [-0.1, -0.05) is 11.6 Å². The van der Waals surface area contributed by atoms with E-state index in [1.54, 1.807) is 6.07 Å². The van der Waals surface area contributed by atoms with Crippen LogP contribution in [0.2, 0.25) is 5.02 Å². The molecule has 0 amide bonds. The van der Waals surface area contributed by atoms with Crippen molar-refractivity contribution in [2.75, 3.05) is 0 Å². The molecule has 0 aliphatic rings. The van der Waals surface area contributed by atoms with E-state index in [4.69, 9.17) is 16.3 Å². The van der Waals surface area contributed by atoms with Crippen LogP contribution in [0.1, 0.15) is 26.3 Å². The fourth-order valence-electron chi connectivity index (χ4n) is 0.948. The SMILES string of the molecule is CC(C)(C)OCc1cc(Cl)ccc1F. The van der Waals surface area contributed by atoms with Crippen molar-refractivity contribution in [3.8, 4) is 0 Å². The molecule has 0 radical (unpaired) electrons. The minimum atomic E-state index is -0.279. The topological polar surface area (TPSA) is 9.23 Å². The molecule has 0 aliphatic carbocycles. The lowest BCUT2D eigenvalue weighted by Crippen LogP contribution is -2.19. The van der Waals surface area contributed by atoms with Crippen molar-refractivity contribution >= 4 is 11.6 Å². The van der Waals surface area contributed by atoms with Gasteiger partial charge in [-0.05, 0) is 39.0 Å². The Labute approximate surface area is 88.8 Å². The van der Waals surface area contributed by atoms with Crippen LogP contribution >= 0.6 is 11.6 Å². The molecule has 14 heavy (non-hydrogen) atoms. The summed E-state index contributed by atoms with van der Waals surface area (Å²) in [6.45, 7) is 6.02. The normalized spacial score (nSPS) is 11.8. The second-order valence-electron chi connectivity index (χ2n) is 4.14. The molecular weight excluding hydrogens is 203 g/mol. The van der Waals surface area contributed by atoms with E-state index >= 15 is 0 Å². The minimum Gasteiger partial charge on any atom is -0.371 e. The maximum atomic E-state index is 13.2. The second kappa shape index (κ2) is 4.28. The van der Waals surface area contributed by atoms with Gasteiger partial charge < -0.3 is 4.74 Å². The third kappa shape index (κ3) is 3.64. The number of ether oxygens (including phenoxy) is 1. The molecule has 78 valence electrons. The maximum absolute atomic E-state index is 13.2. The average molecular weight is 217 g/mol. The van der Waals surface area contributed by atoms with Crippen molar-refractivity contribution in [3.63, 3.8) is 0 Å². The van der Waals surface area contributed by atoms with Crippen LogP contribution < -0.4 is 0 Å². The molecule has 1 aromatic rings. The van der Waals surface area contributed by atoms with Gasteiger partial charge in [0.15, 0.2) is 0 Å². The van der Waals surface area contributed by atoms with E-state index < -0.39 is 0 Å². The van der Waals surface area contributed by atoms with Crippen LogP contribution in [0.5, 0.6) is 0 Å². The van der Waals surface area contributed by atoms with Gasteiger partial charge in [0.2, 0.25) is 0 Å². The van der Waals surface area contributed by atoms with Gasteiger partial charge in [-0.15, -0.1) is 0 Å². The highest BCUT2D eigenvalue weighted by Crippen LogP contribution is 2.18. The van der Waals surface area contributed by atoms with Crippen molar-refractivity contribution in [1.29, 1.82) is 0 Å². The largest absolute Gasteiger partial charge is 0.371 e. The molecule has 0 aromatic heterocycles. The Balaban J connectivity index is 2.72. The van der Waals surface area contributed by atoms with E-state index in [-0.39, 0.29) is 18.0 Å². The Morgan fingerprint density at radius 3 is 2.57 bits per heavy atom. The minimum absolute atomic E-state index is 0.246. The summed E-state index contributed by atoms with van der Waals surface area (Å²) in [7, 11) is 0. The molecular formula is C11H14ClFO. The summed E-state index contributed by atoms with van der Waals surface area (Å²) in [6.07, 6.45) is 0. The van der Waals surface area contributed by atoms with Gasteiger partial charge in [0.25, 0.3) is 0 Å². The van der Waals surface area contributed by atoms with E-state index in [0.29, 0.717) is 10.6 Å². The van der Waals surface area contributed by atoms with Crippen LogP contribution in [0.15, 0.2) is 18.2 Å². The highest BCUT2D eigenvalue weighted by atomic mass is 35.5. The molecule has 0 fully saturated rings. The van der Waals surface area contributed by atoms with Crippen molar-refractivity contribution < 1.29 is 9.13 Å². The first-order valence-electron chi connectivity index (χ1n) is 4.46. The number of rotatable bonds is 2. The maximum Gasteiger partial charge on any atom is 0.128 e. The average Bonchev–Trinajstić information content (AvgIpc) is 2.05. The summed E-state index contributed by atoms with van der Waals surface area (Å²) >= 11 is 5.74. The van der Waals surface area contributed by atoms with Crippen LogP contribution in [0.3, 0.4) is 0 Å². The quantitative estimate of drug-likeness (QED) is 0.731. The lowest BCUT2D eigenvalue weighted by molar-refractivity contribution is -0.0161. The molecule has 0 saturated heterocycles. The Hall–Kier alpha value is -0.600. The second-order valence-corrected chi connectivity index (χ2v) is 4.57. The zero-order valence-corrected chi connectivity index (χ0v) is 9.36. The number of hydrogen-bond acceptors (Lipinski definition) is 1. The monoisotopic (exact) mass is 216 g/mol. The van der Waals surface area contributed by atoms with Crippen molar-refractivity contribution in [1.82, 2.24) is 0 Å². The highest BCUT2D eigenvalue weighted by molar-refractivity contribution is 6.30. The predicted octanol–water partition coefficient (Wildman–Crippen LogP) is 3.79. The lowest BCUT2D eigenvalue weighted by atomic mass is 10.2. The number of hydrogen-bond donors (Lipinski definition) is 0. The van der Waals surface area contributed by atoms with Crippen LogP contribution in [-0.4, -0.2) is 5.60 Å². The highest BCUT2D eigenvalue weighted by Gasteiger charge is 2.12. The zero-order chi connectivity index (χ0) is 10.8. The molecule has 0 aliphatic heterocycles. The molecule has 0 atom stereocenters. The van der Waals surface area contributed by atoms with Gasteiger partial charge in [-0.25, -0.2) is 4.39 Å². The Bertz CT molecular complexity index is 318. The van der Waals surface area contributed by atoms with Crippen molar-refractivity contribution in [2.24, 2.45) is 0 Å². The predicted molar refractivity (Wildman–Crippen MR) is 56.0 cm³/mol. The van der Waals surface area contributed by atoms with E-state index in [0.717, 1.165) is 0 Å². The fraction of sp³-hybridized carbons (Fsp3) is 0.455. The first-order valence-corrected chi connectivity index (χ1v) is 4.84. The molecule has 0 heterocycles. The van der Waals surface area contributed by atoms with Crippen LogP contribution in [0.4, 0.5) is 4.39 Å². The summed E-state index contributed by atoms with van der Waals surface area (Å²) in [6, 6.07) is 4.46. The Morgan fingerprint density at radius 1 is 1.36 bits per heavy atom. The standard InChI is InChI=1S/C11H14ClFO/c1-11(2,3)14-7-8-6-9(12)4-5-10(8)13/h4-6H,7H2,1-3H3. The lowest BCUT2D eigenvalue weighted by Gasteiger charge is -2.19. The van der Waals surface area contributed by atoms with Crippen molar-refractivity contribution in [3.05, 3.63) is 34.6 Å². The van der Waals surface area contributed by atoms with E-state index in [1.807, 2.05) is 20.8 Å². The van der Waals surface area contributed by atoms with E-state index in [1.165, 1.54) is 12.1 Å². The van der Waals surface area contributed by atoms with E-state index in [2.05, 4.69) is 0 Å². The van der Waals surface area contributed by atoms with Gasteiger partial charge in [0.1, 0.15) is 5.82 Å². The van der Waals surface area contributed by atoms with Crippen LogP contribution in [0.25, 0.3) is 0 Å². The molecule has 0 N–H and O–H groups in total. The Morgan fingerprint density at radius 2 is 2.00 bits per heavy atom. The molecule has 0 saturated carbocycles. The molecule has 3 heteroatoms.